The first-order chi connectivity index (χ1) is 10.9. The lowest BCUT2D eigenvalue weighted by Gasteiger charge is -2.18. The highest BCUT2D eigenvalue weighted by Crippen LogP contribution is 2.30. The predicted octanol–water partition coefficient (Wildman–Crippen LogP) is 1.88. The first-order valence-electron chi connectivity index (χ1n) is 7.13. The molecule has 0 spiro atoms. The molecule has 6 nitrogen and oxygen atoms in total. The van der Waals surface area contributed by atoms with Gasteiger partial charge in [-0.2, -0.15) is 8.42 Å². The zero-order chi connectivity index (χ0) is 16.6. The minimum atomic E-state index is -3.80. The standard InChI is InChI=1S/C16H17N3O3S/c1-11-3-4-13(12-5-7-14(17-2)8-6-12)9-15(11)19-10-16(20)18-23(19,21)22/h3-9,17H,10H2,1-2H3,(H,18,20). The van der Waals surface area contributed by atoms with Crippen molar-refractivity contribution in [2.45, 2.75) is 6.92 Å². The Hall–Kier alpha value is -2.54. The summed E-state index contributed by atoms with van der Waals surface area (Å²) < 4.78 is 27.2. The molecule has 3 rings (SSSR count). The number of anilines is 2. The number of carbonyl (C=O) groups excluding carboxylic acids is 1. The summed E-state index contributed by atoms with van der Waals surface area (Å²) in [6.45, 7) is 1.63. The molecule has 0 unspecified atom stereocenters. The Bertz CT molecular complexity index is 861. The maximum absolute atomic E-state index is 12.0. The van der Waals surface area contributed by atoms with Crippen LogP contribution in [0.2, 0.25) is 0 Å². The average Bonchev–Trinajstić information content (AvgIpc) is 2.80. The second-order valence-electron chi connectivity index (χ2n) is 5.37. The Morgan fingerprint density at radius 2 is 1.74 bits per heavy atom. The van der Waals surface area contributed by atoms with Gasteiger partial charge in [0.2, 0.25) is 0 Å². The van der Waals surface area contributed by atoms with Crippen molar-refractivity contribution in [2.24, 2.45) is 0 Å². The van der Waals surface area contributed by atoms with Crippen molar-refractivity contribution >= 4 is 27.5 Å². The number of hydrogen-bond donors (Lipinski definition) is 2. The molecule has 2 N–H and O–H groups in total. The molecule has 1 saturated heterocycles. The third-order valence-corrected chi connectivity index (χ3v) is 5.20. The van der Waals surface area contributed by atoms with E-state index in [1.165, 1.54) is 0 Å². The molecule has 0 bridgehead atoms. The number of amides is 1. The van der Waals surface area contributed by atoms with Crippen LogP contribution in [-0.2, 0) is 15.0 Å². The van der Waals surface area contributed by atoms with Crippen LogP contribution >= 0.6 is 0 Å². The van der Waals surface area contributed by atoms with Crippen LogP contribution in [0.15, 0.2) is 42.5 Å². The van der Waals surface area contributed by atoms with Crippen LogP contribution in [0.1, 0.15) is 5.56 Å². The number of carbonyl (C=O) groups is 1. The number of hydrogen-bond acceptors (Lipinski definition) is 4. The van der Waals surface area contributed by atoms with E-state index in [0.717, 1.165) is 26.7 Å². The largest absolute Gasteiger partial charge is 0.388 e. The van der Waals surface area contributed by atoms with Crippen molar-refractivity contribution in [2.75, 3.05) is 23.2 Å². The SMILES string of the molecule is CNc1ccc(-c2ccc(C)c(N3CC(=O)NS3(=O)=O)c2)cc1. The molecular weight excluding hydrogens is 314 g/mol. The first kappa shape index (κ1) is 15.4. The van der Waals surface area contributed by atoms with Crippen LogP contribution in [0, 0.1) is 6.92 Å². The van der Waals surface area contributed by atoms with Gasteiger partial charge in [0.15, 0.2) is 0 Å². The van der Waals surface area contributed by atoms with E-state index in [1.54, 1.807) is 6.07 Å². The Kier molecular flexibility index (Phi) is 3.73. The number of rotatable bonds is 3. The van der Waals surface area contributed by atoms with E-state index >= 15 is 0 Å². The van der Waals surface area contributed by atoms with Crippen LogP contribution in [0.3, 0.4) is 0 Å². The fourth-order valence-electron chi connectivity index (χ4n) is 2.55. The number of benzene rings is 2. The third kappa shape index (κ3) is 2.87. The smallest absolute Gasteiger partial charge is 0.326 e. The second kappa shape index (κ2) is 5.58. The minimum Gasteiger partial charge on any atom is -0.388 e. The molecule has 0 radical (unpaired) electrons. The van der Waals surface area contributed by atoms with Crippen LogP contribution in [0.5, 0.6) is 0 Å². The molecule has 7 heteroatoms. The Balaban J connectivity index is 2.04. The van der Waals surface area contributed by atoms with Crippen LogP contribution in [0.4, 0.5) is 11.4 Å². The summed E-state index contributed by atoms with van der Waals surface area (Å²) in [6, 6.07) is 13.4. The monoisotopic (exact) mass is 331 g/mol. The first-order valence-corrected chi connectivity index (χ1v) is 8.57. The van der Waals surface area contributed by atoms with Gasteiger partial charge in [0.05, 0.1) is 5.69 Å². The van der Waals surface area contributed by atoms with Crippen LogP contribution in [-0.4, -0.2) is 27.9 Å². The highest BCUT2D eigenvalue weighted by molar-refractivity contribution is 7.92. The van der Waals surface area contributed by atoms with Gasteiger partial charge < -0.3 is 5.32 Å². The van der Waals surface area contributed by atoms with E-state index in [0.29, 0.717) is 5.69 Å². The molecule has 2 aromatic rings. The third-order valence-electron chi connectivity index (χ3n) is 3.80. The Morgan fingerprint density at radius 3 is 2.30 bits per heavy atom. The number of nitrogens with one attached hydrogen (secondary N) is 2. The maximum Gasteiger partial charge on any atom is 0.326 e. The summed E-state index contributed by atoms with van der Waals surface area (Å²) in [7, 11) is -1.95. The van der Waals surface area contributed by atoms with Gasteiger partial charge in [0.1, 0.15) is 6.54 Å². The number of nitrogens with zero attached hydrogens (tertiary/aromatic N) is 1. The summed E-state index contributed by atoms with van der Waals surface area (Å²) in [5, 5.41) is 3.05. The fourth-order valence-corrected chi connectivity index (χ4v) is 3.75. The molecule has 1 fully saturated rings. The zero-order valence-corrected chi connectivity index (χ0v) is 13.6. The highest BCUT2D eigenvalue weighted by Gasteiger charge is 2.34. The van der Waals surface area contributed by atoms with Gasteiger partial charge in [-0.1, -0.05) is 24.3 Å². The normalized spacial score (nSPS) is 16.3. The Labute approximate surface area is 135 Å². The van der Waals surface area contributed by atoms with Crippen LogP contribution in [0.25, 0.3) is 11.1 Å². The Morgan fingerprint density at radius 1 is 1.09 bits per heavy atom. The highest BCUT2D eigenvalue weighted by atomic mass is 32.2. The fraction of sp³-hybridized carbons (Fsp3) is 0.188. The van der Waals surface area contributed by atoms with Gasteiger partial charge in [-0.25, -0.2) is 9.03 Å². The average molecular weight is 331 g/mol. The van der Waals surface area contributed by atoms with Crippen molar-refractivity contribution in [1.82, 2.24) is 4.72 Å². The molecule has 1 amide bonds. The molecule has 23 heavy (non-hydrogen) atoms. The van der Waals surface area contributed by atoms with Gasteiger partial charge in [0, 0.05) is 12.7 Å². The second-order valence-corrected chi connectivity index (χ2v) is 6.96. The molecule has 1 aliphatic rings. The van der Waals surface area contributed by atoms with Gasteiger partial charge >= 0.3 is 10.2 Å². The van der Waals surface area contributed by atoms with Gasteiger partial charge in [-0.15, -0.1) is 0 Å². The van der Waals surface area contributed by atoms with E-state index in [-0.39, 0.29) is 6.54 Å². The topological polar surface area (TPSA) is 78.5 Å². The molecule has 0 saturated carbocycles. The van der Waals surface area contributed by atoms with Crippen LogP contribution < -0.4 is 14.3 Å². The molecule has 0 aromatic heterocycles. The quantitative estimate of drug-likeness (QED) is 0.900. The summed E-state index contributed by atoms with van der Waals surface area (Å²) in [5.74, 6) is -0.520. The van der Waals surface area contributed by atoms with E-state index in [2.05, 4.69) is 5.32 Å². The molecule has 0 aliphatic carbocycles. The zero-order valence-electron chi connectivity index (χ0n) is 12.8. The molecule has 0 atom stereocenters. The molecule has 1 heterocycles. The van der Waals surface area contributed by atoms with E-state index < -0.39 is 16.1 Å². The minimum absolute atomic E-state index is 0.189. The summed E-state index contributed by atoms with van der Waals surface area (Å²) in [6.07, 6.45) is 0. The molecule has 1 aliphatic heterocycles. The molecule has 120 valence electrons. The van der Waals surface area contributed by atoms with E-state index in [4.69, 9.17) is 0 Å². The molecule has 2 aromatic carbocycles. The lowest BCUT2D eigenvalue weighted by Crippen LogP contribution is -2.30. The van der Waals surface area contributed by atoms with Gasteiger partial charge in [-0.05, 0) is 41.8 Å². The van der Waals surface area contributed by atoms with E-state index in [9.17, 15) is 13.2 Å². The number of aryl methyl sites for hydroxylation is 1. The van der Waals surface area contributed by atoms with Gasteiger partial charge in [-0.3, -0.25) is 4.79 Å². The summed E-state index contributed by atoms with van der Waals surface area (Å²) in [5.41, 5.74) is 4.17. The predicted molar refractivity (Wildman–Crippen MR) is 90.6 cm³/mol. The van der Waals surface area contributed by atoms with Gasteiger partial charge in [0.25, 0.3) is 5.91 Å². The lowest BCUT2D eigenvalue weighted by atomic mass is 10.0. The lowest BCUT2D eigenvalue weighted by molar-refractivity contribution is -0.117. The van der Waals surface area contributed by atoms with Crippen molar-refractivity contribution in [3.8, 4) is 11.1 Å². The van der Waals surface area contributed by atoms with Crippen molar-refractivity contribution < 1.29 is 13.2 Å². The summed E-state index contributed by atoms with van der Waals surface area (Å²) >= 11 is 0. The van der Waals surface area contributed by atoms with E-state index in [1.807, 2.05) is 55.1 Å². The van der Waals surface area contributed by atoms with Crippen molar-refractivity contribution in [1.29, 1.82) is 0 Å². The van der Waals surface area contributed by atoms with Crippen molar-refractivity contribution in [3.05, 3.63) is 48.0 Å². The van der Waals surface area contributed by atoms with Crippen molar-refractivity contribution in [3.63, 3.8) is 0 Å². The summed E-state index contributed by atoms with van der Waals surface area (Å²) in [4.78, 5) is 11.4. The molecular formula is C16H17N3O3S. The maximum atomic E-state index is 12.0.